The normalized spacial score (nSPS) is 21.2. The van der Waals surface area contributed by atoms with Gasteiger partial charge in [0, 0.05) is 11.1 Å². The van der Waals surface area contributed by atoms with Crippen LogP contribution in [0.4, 0.5) is 0 Å². The second-order valence-corrected chi connectivity index (χ2v) is 6.36. The van der Waals surface area contributed by atoms with E-state index in [1.54, 1.807) is 18.2 Å². The molecule has 0 spiro atoms. The Hall–Kier alpha value is -1.55. The molecule has 2 unspecified atom stereocenters. The number of halogens is 1. The number of ether oxygens (including phenoxy) is 1. The summed E-state index contributed by atoms with van der Waals surface area (Å²) in [5.74, 6) is 0.603. The van der Waals surface area contributed by atoms with Crippen LogP contribution in [0.5, 0.6) is 5.75 Å². The summed E-state index contributed by atoms with van der Waals surface area (Å²) in [6.07, 6.45) is 4.56. The molecule has 0 aliphatic heterocycles. The van der Waals surface area contributed by atoms with Gasteiger partial charge in [0.25, 0.3) is 5.91 Å². The standard InChI is InChI=1S/C17H22ClNO3/c1-11-5-3-4-6-15(11)19-17(21)10-22-16-8-7-13(18)9-14(16)12(2)20/h7-9,11,15H,3-6,10H2,1-2H3,(H,19,21). The molecular formula is C17H22ClNO3. The van der Waals surface area contributed by atoms with Crippen molar-refractivity contribution in [3.05, 3.63) is 28.8 Å². The molecule has 0 bridgehead atoms. The van der Waals surface area contributed by atoms with Crippen molar-refractivity contribution >= 4 is 23.3 Å². The minimum Gasteiger partial charge on any atom is -0.483 e. The molecular weight excluding hydrogens is 302 g/mol. The number of benzene rings is 1. The Morgan fingerprint density at radius 1 is 1.32 bits per heavy atom. The molecule has 4 nitrogen and oxygen atoms in total. The van der Waals surface area contributed by atoms with Crippen molar-refractivity contribution in [2.45, 2.75) is 45.6 Å². The zero-order valence-electron chi connectivity index (χ0n) is 13.0. The molecule has 1 saturated carbocycles. The molecule has 1 aromatic rings. The summed E-state index contributed by atoms with van der Waals surface area (Å²) in [6.45, 7) is 3.52. The smallest absolute Gasteiger partial charge is 0.258 e. The Kier molecular flexibility index (Phi) is 5.83. The van der Waals surface area contributed by atoms with E-state index in [9.17, 15) is 9.59 Å². The topological polar surface area (TPSA) is 55.4 Å². The van der Waals surface area contributed by atoms with Gasteiger partial charge in [-0.15, -0.1) is 0 Å². The summed E-state index contributed by atoms with van der Waals surface area (Å²) in [6, 6.07) is 5.04. The van der Waals surface area contributed by atoms with Gasteiger partial charge in [-0.2, -0.15) is 0 Å². The second kappa shape index (κ2) is 7.63. The molecule has 5 heteroatoms. The molecule has 0 saturated heterocycles. The van der Waals surface area contributed by atoms with Crippen molar-refractivity contribution in [3.8, 4) is 5.75 Å². The Bertz CT molecular complexity index is 559. The number of hydrogen-bond donors (Lipinski definition) is 1. The first kappa shape index (κ1) is 16.8. The van der Waals surface area contributed by atoms with Crippen LogP contribution in [0.1, 0.15) is 49.9 Å². The highest BCUT2D eigenvalue weighted by Gasteiger charge is 2.23. The van der Waals surface area contributed by atoms with Crippen molar-refractivity contribution in [2.24, 2.45) is 5.92 Å². The maximum absolute atomic E-state index is 12.0. The lowest BCUT2D eigenvalue weighted by molar-refractivity contribution is -0.124. The molecule has 1 aliphatic rings. The van der Waals surface area contributed by atoms with Crippen LogP contribution < -0.4 is 10.1 Å². The van der Waals surface area contributed by atoms with Gasteiger partial charge in [-0.25, -0.2) is 0 Å². The Labute approximate surface area is 136 Å². The van der Waals surface area contributed by atoms with Gasteiger partial charge < -0.3 is 10.1 Å². The van der Waals surface area contributed by atoms with Gasteiger partial charge in [-0.1, -0.05) is 31.4 Å². The van der Waals surface area contributed by atoms with E-state index >= 15 is 0 Å². The van der Waals surface area contributed by atoms with Gasteiger partial charge >= 0.3 is 0 Å². The predicted molar refractivity (Wildman–Crippen MR) is 86.5 cm³/mol. The lowest BCUT2D eigenvalue weighted by Gasteiger charge is -2.29. The van der Waals surface area contributed by atoms with Crippen LogP contribution in [-0.2, 0) is 4.79 Å². The van der Waals surface area contributed by atoms with E-state index in [1.807, 2.05) is 0 Å². The van der Waals surface area contributed by atoms with E-state index in [-0.39, 0.29) is 24.3 Å². The highest BCUT2D eigenvalue weighted by molar-refractivity contribution is 6.31. The van der Waals surface area contributed by atoms with E-state index in [2.05, 4.69) is 12.2 Å². The number of carbonyl (C=O) groups excluding carboxylic acids is 2. The Balaban J connectivity index is 1.92. The van der Waals surface area contributed by atoms with Crippen LogP contribution in [0.25, 0.3) is 0 Å². The lowest BCUT2D eigenvalue weighted by Crippen LogP contribution is -2.43. The first-order valence-corrected chi connectivity index (χ1v) is 8.08. The van der Waals surface area contributed by atoms with Crippen LogP contribution in [0.2, 0.25) is 5.02 Å². The van der Waals surface area contributed by atoms with Crippen LogP contribution in [0.15, 0.2) is 18.2 Å². The number of carbonyl (C=O) groups is 2. The number of rotatable bonds is 5. The minimum atomic E-state index is -0.150. The molecule has 1 fully saturated rings. The molecule has 1 amide bonds. The second-order valence-electron chi connectivity index (χ2n) is 5.92. The van der Waals surface area contributed by atoms with Crippen LogP contribution in [-0.4, -0.2) is 24.3 Å². The SMILES string of the molecule is CC(=O)c1cc(Cl)ccc1OCC(=O)NC1CCCCC1C. The van der Waals surface area contributed by atoms with Crippen molar-refractivity contribution < 1.29 is 14.3 Å². The van der Waals surface area contributed by atoms with E-state index < -0.39 is 0 Å². The van der Waals surface area contributed by atoms with Gasteiger partial charge in [0.05, 0.1) is 5.56 Å². The summed E-state index contributed by atoms with van der Waals surface area (Å²) in [4.78, 5) is 23.6. The monoisotopic (exact) mass is 323 g/mol. The van der Waals surface area contributed by atoms with E-state index in [1.165, 1.54) is 13.3 Å². The summed E-state index contributed by atoms with van der Waals surface area (Å²) in [7, 11) is 0. The quantitative estimate of drug-likeness (QED) is 0.842. The Morgan fingerprint density at radius 2 is 2.05 bits per heavy atom. The molecule has 0 radical (unpaired) electrons. The highest BCUT2D eigenvalue weighted by Crippen LogP contribution is 2.25. The number of Topliss-reactive ketones (excluding diaryl/α,β-unsaturated/α-hetero) is 1. The average Bonchev–Trinajstić information content (AvgIpc) is 2.48. The number of amides is 1. The molecule has 120 valence electrons. The highest BCUT2D eigenvalue weighted by atomic mass is 35.5. The van der Waals surface area contributed by atoms with Crippen molar-refractivity contribution in [2.75, 3.05) is 6.61 Å². The average molecular weight is 324 g/mol. The number of nitrogens with one attached hydrogen (secondary N) is 1. The summed E-state index contributed by atoms with van der Waals surface area (Å²) in [5.41, 5.74) is 0.395. The first-order valence-electron chi connectivity index (χ1n) is 7.70. The van der Waals surface area contributed by atoms with Gasteiger partial charge in [0.1, 0.15) is 5.75 Å². The molecule has 1 aromatic carbocycles. The number of hydrogen-bond acceptors (Lipinski definition) is 3. The first-order chi connectivity index (χ1) is 10.5. The van der Waals surface area contributed by atoms with E-state index in [0.29, 0.717) is 22.3 Å². The van der Waals surface area contributed by atoms with Gasteiger partial charge in [-0.05, 0) is 43.9 Å². The third-order valence-corrected chi connectivity index (χ3v) is 4.37. The predicted octanol–water partition coefficient (Wildman–Crippen LogP) is 3.62. The van der Waals surface area contributed by atoms with Crippen molar-refractivity contribution in [1.82, 2.24) is 5.32 Å². The zero-order chi connectivity index (χ0) is 16.1. The summed E-state index contributed by atoms with van der Waals surface area (Å²) < 4.78 is 5.50. The largest absolute Gasteiger partial charge is 0.483 e. The molecule has 1 aliphatic carbocycles. The fourth-order valence-electron chi connectivity index (χ4n) is 2.83. The van der Waals surface area contributed by atoms with Gasteiger partial charge in [0.2, 0.25) is 0 Å². The summed E-state index contributed by atoms with van der Waals surface area (Å²) in [5, 5.41) is 3.49. The lowest BCUT2D eigenvalue weighted by atomic mass is 9.86. The minimum absolute atomic E-state index is 0.0921. The molecule has 1 N–H and O–H groups in total. The van der Waals surface area contributed by atoms with Crippen LogP contribution in [0, 0.1) is 5.92 Å². The van der Waals surface area contributed by atoms with Crippen LogP contribution >= 0.6 is 11.6 Å². The van der Waals surface area contributed by atoms with Gasteiger partial charge in [-0.3, -0.25) is 9.59 Å². The Morgan fingerprint density at radius 3 is 2.73 bits per heavy atom. The van der Waals surface area contributed by atoms with Gasteiger partial charge in [0.15, 0.2) is 12.4 Å². The number of ketones is 1. The molecule has 2 rings (SSSR count). The molecule has 22 heavy (non-hydrogen) atoms. The van der Waals surface area contributed by atoms with E-state index in [0.717, 1.165) is 19.3 Å². The summed E-state index contributed by atoms with van der Waals surface area (Å²) >= 11 is 5.88. The molecule has 0 heterocycles. The zero-order valence-corrected chi connectivity index (χ0v) is 13.8. The van der Waals surface area contributed by atoms with Crippen molar-refractivity contribution in [1.29, 1.82) is 0 Å². The fraction of sp³-hybridized carbons (Fsp3) is 0.529. The van der Waals surface area contributed by atoms with Crippen LogP contribution in [0.3, 0.4) is 0 Å². The molecule has 2 atom stereocenters. The van der Waals surface area contributed by atoms with Crippen molar-refractivity contribution in [3.63, 3.8) is 0 Å². The third-order valence-electron chi connectivity index (χ3n) is 4.14. The molecule has 0 aromatic heterocycles. The third kappa shape index (κ3) is 4.47. The maximum atomic E-state index is 12.0. The maximum Gasteiger partial charge on any atom is 0.258 e. The fourth-order valence-corrected chi connectivity index (χ4v) is 3.00. The van der Waals surface area contributed by atoms with E-state index in [4.69, 9.17) is 16.3 Å².